The number of hydrogen-bond donors (Lipinski definition) is 1. The Morgan fingerprint density at radius 2 is 1.86 bits per heavy atom. The van der Waals surface area contributed by atoms with Gasteiger partial charge in [0.1, 0.15) is 18.0 Å². The minimum absolute atomic E-state index is 0.192. The summed E-state index contributed by atoms with van der Waals surface area (Å²) in [6, 6.07) is 3.67. The molecule has 0 unspecified atom stereocenters. The molecule has 0 aliphatic carbocycles. The average molecular weight is 418 g/mol. The fraction of sp³-hybridized carbons (Fsp3) is 0.316. The highest BCUT2D eigenvalue weighted by molar-refractivity contribution is 6.28. The van der Waals surface area contributed by atoms with Crippen LogP contribution in [0.25, 0.3) is 5.69 Å². The largest absolute Gasteiger partial charge is 0.493 e. The molecule has 0 bridgehead atoms. The number of anilines is 2. The molecule has 9 nitrogen and oxygen atoms in total. The third-order valence-electron chi connectivity index (χ3n) is 4.57. The van der Waals surface area contributed by atoms with Crippen LogP contribution < -0.4 is 19.5 Å². The van der Waals surface area contributed by atoms with Crippen molar-refractivity contribution in [2.75, 3.05) is 33.3 Å². The Kier molecular flexibility index (Phi) is 5.41. The van der Waals surface area contributed by atoms with E-state index in [0.717, 1.165) is 16.9 Å². The molecular formula is C19H20ClN5O4. The zero-order chi connectivity index (χ0) is 20.4. The second kappa shape index (κ2) is 8.14. The van der Waals surface area contributed by atoms with Crippen LogP contribution in [0, 0.1) is 0 Å². The van der Waals surface area contributed by atoms with Crippen LogP contribution in [-0.4, -0.2) is 47.5 Å². The van der Waals surface area contributed by atoms with Gasteiger partial charge in [-0.1, -0.05) is 0 Å². The van der Waals surface area contributed by atoms with Gasteiger partial charge in [-0.05, 0) is 11.6 Å². The quantitative estimate of drug-likeness (QED) is 0.611. The van der Waals surface area contributed by atoms with Gasteiger partial charge in [-0.3, -0.25) is 0 Å². The second-order valence-electron chi connectivity index (χ2n) is 6.24. The smallest absolute Gasteiger partial charge is 0.224 e. The Morgan fingerprint density at radius 1 is 1.10 bits per heavy atom. The van der Waals surface area contributed by atoms with Crippen molar-refractivity contribution in [1.29, 1.82) is 0 Å². The molecule has 2 aromatic heterocycles. The lowest BCUT2D eigenvalue weighted by atomic mass is 10.1. The highest BCUT2D eigenvalue weighted by Crippen LogP contribution is 2.39. The molecule has 1 aliphatic heterocycles. The Morgan fingerprint density at radius 3 is 2.55 bits per heavy atom. The van der Waals surface area contributed by atoms with Gasteiger partial charge in [-0.15, -0.1) is 0 Å². The van der Waals surface area contributed by atoms with E-state index in [-0.39, 0.29) is 5.28 Å². The van der Waals surface area contributed by atoms with Crippen LogP contribution >= 0.6 is 11.6 Å². The first-order valence-corrected chi connectivity index (χ1v) is 9.25. The standard InChI is InChI=1S/C19H20ClN5O4/c1-26-14-6-11(7-15(27-2)17(14)28-3)25-8-16(21-10-25)23-18-12-9-29-5-4-13(12)22-19(20)24-18/h6-8,10H,4-5,9H2,1-3H3,(H,22,23,24). The van der Waals surface area contributed by atoms with Gasteiger partial charge in [0, 0.05) is 24.1 Å². The highest BCUT2D eigenvalue weighted by Gasteiger charge is 2.19. The molecule has 1 N–H and O–H groups in total. The van der Waals surface area contributed by atoms with E-state index in [2.05, 4.69) is 20.3 Å². The molecule has 3 aromatic rings. The molecule has 10 heteroatoms. The zero-order valence-electron chi connectivity index (χ0n) is 16.2. The SMILES string of the molecule is COc1cc(-n2cnc(Nc3nc(Cl)nc4c3COCC4)c2)cc(OC)c1OC. The summed E-state index contributed by atoms with van der Waals surface area (Å²) in [5, 5.41) is 3.40. The lowest BCUT2D eigenvalue weighted by Crippen LogP contribution is -2.15. The van der Waals surface area contributed by atoms with Crippen molar-refractivity contribution >= 4 is 23.2 Å². The third kappa shape index (κ3) is 3.79. The number of aromatic nitrogens is 4. The molecule has 1 aromatic carbocycles. The maximum atomic E-state index is 6.08. The van der Waals surface area contributed by atoms with Crippen LogP contribution in [0.2, 0.25) is 5.28 Å². The van der Waals surface area contributed by atoms with Crippen LogP contribution in [0.1, 0.15) is 11.3 Å². The summed E-state index contributed by atoms with van der Waals surface area (Å²) in [5.74, 6) is 2.83. The molecule has 152 valence electrons. The van der Waals surface area contributed by atoms with Crippen molar-refractivity contribution in [2.45, 2.75) is 13.0 Å². The number of methoxy groups -OCH3 is 3. The number of halogens is 1. The summed E-state index contributed by atoms with van der Waals surface area (Å²) in [7, 11) is 4.72. The number of rotatable bonds is 6. The number of fused-ring (bicyclic) bond motifs is 1. The van der Waals surface area contributed by atoms with Gasteiger partial charge < -0.3 is 28.8 Å². The molecule has 0 atom stereocenters. The van der Waals surface area contributed by atoms with Crippen LogP contribution in [0.3, 0.4) is 0 Å². The highest BCUT2D eigenvalue weighted by atomic mass is 35.5. The predicted octanol–water partition coefficient (Wildman–Crippen LogP) is 3.16. The number of benzene rings is 1. The van der Waals surface area contributed by atoms with Gasteiger partial charge in [0.2, 0.25) is 11.0 Å². The lowest BCUT2D eigenvalue weighted by Gasteiger charge is -2.18. The Hall–Kier alpha value is -3.04. The average Bonchev–Trinajstić information content (AvgIpc) is 3.21. The monoisotopic (exact) mass is 417 g/mol. The van der Waals surface area contributed by atoms with Gasteiger partial charge in [0.05, 0.1) is 52.1 Å². The molecule has 0 saturated carbocycles. The second-order valence-corrected chi connectivity index (χ2v) is 6.58. The maximum absolute atomic E-state index is 6.08. The fourth-order valence-electron chi connectivity index (χ4n) is 3.17. The van der Waals surface area contributed by atoms with Crippen molar-refractivity contribution in [3.05, 3.63) is 41.2 Å². The van der Waals surface area contributed by atoms with E-state index >= 15 is 0 Å². The van der Waals surface area contributed by atoms with Gasteiger partial charge in [-0.25, -0.2) is 15.0 Å². The number of nitrogens with one attached hydrogen (secondary N) is 1. The molecular weight excluding hydrogens is 398 g/mol. The summed E-state index contributed by atoms with van der Waals surface area (Å²) in [6.45, 7) is 1.05. The van der Waals surface area contributed by atoms with E-state index < -0.39 is 0 Å². The molecule has 0 spiro atoms. The molecule has 4 rings (SSSR count). The first kappa shape index (κ1) is 19.3. The molecule has 3 heterocycles. The van der Waals surface area contributed by atoms with Crippen molar-refractivity contribution in [3.63, 3.8) is 0 Å². The summed E-state index contributed by atoms with van der Waals surface area (Å²) in [4.78, 5) is 13.0. The fourth-order valence-corrected chi connectivity index (χ4v) is 3.36. The topological polar surface area (TPSA) is 92.6 Å². The van der Waals surface area contributed by atoms with Crippen LogP contribution in [0.5, 0.6) is 17.2 Å². The Labute approximate surface area is 172 Å². The van der Waals surface area contributed by atoms with Gasteiger partial charge >= 0.3 is 0 Å². The van der Waals surface area contributed by atoms with E-state index in [1.54, 1.807) is 27.7 Å². The van der Waals surface area contributed by atoms with E-state index in [1.165, 1.54) is 0 Å². The first-order chi connectivity index (χ1) is 14.1. The molecule has 0 saturated heterocycles. The van der Waals surface area contributed by atoms with Crippen LogP contribution in [0.15, 0.2) is 24.7 Å². The van der Waals surface area contributed by atoms with Gasteiger partial charge in [0.25, 0.3) is 0 Å². The van der Waals surface area contributed by atoms with Crippen molar-refractivity contribution in [3.8, 4) is 22.9 Å². The van der Waals surface area contributed by atoms with Crippen molar-refractivity contribution in [1.82, 2.24) is 19.5 Å². The molecule has 0 radical (unpaired) electrons. The minimum Gasteiger partial charge on any atom is -0.493 e. The molecule has 1 aliphatic rings. The zero-order valence-corrected chi connectivity index (χ0v) is 17.0. The number of hydrogen-bond acceptors (Lipinski definition) is 8. The van der Waals surface area contributed by atoms with Crippen molar-refractivity contribution < 1.29 is 18.9 Å². The summed E-state index contributed by atoms with van der Waals surface area (Å²) < 4.78 is 23.6. The Balaban J connectivity index is 1.66. The van der Waals surface area contributed by atoms with Crippen LogP contribution in [-0.2, 0) is 17.8 Å². The third-order valence-corrected chi connectivity index (χ3v) is 4.74. The minimum atomic E-state index is 0.192. The summed E-state index contributed by atoms with van der Waals surface area (Å²) >= 11 is 6.08. The molecule has 0 fully saturated rings. The summed E-state index contributed by atoms with van der Waals surface area (Å²) in [5.41, 5.74) is 2.58. The number of imidazole rings is 1. The molecule has 29 heavy (non-hydrogen) atoms. The number of nitrogens with zero attached hydrogens (tertiary/aromatic N) is 4. The van der Waals surface area contributed by atoms with Crippen LogP contribution in [0.4, 0.5) is 11.6 Å². The van der Waals surface area contributed by atoms with E-state index in [9.17, 15) is 0 Å². The normalized spacial score (nSPS) is 13.0. The predicted molar refractivity (Wildman–Crippen MR) is 107 cm³/mol. The van der Waals surface area contributed by atoms with Gasteiger partial charge in [-0.2, -0.15) is 0 Å². The summed E-state index contributed by atoms with van der Waals surface area (Å²) in [6.07, 6.45) is 4.20. The molecule has 0 amide bonds. The van der Waals surface area contributed by atoms with E-state index in [4.69, 9.17) is 30.5 Å². The maximum Gasteiger partial charge on any atom is 0.224 e. The first-order valence-electron chi connectivity index (χ1n) is 8.87. The lowest BCUT2D eigenvalue weighted by molar-refractivity contribution is 0.109. The Bertz CT molecular complexity index is 1010. The van der Waals surface area contributed by atoms with Crippen molar-refractivity contribution in [2.24, 2.45) is 0 Å². The van der Waals surface area contributed by atoms with E-state index in [1.807, 2.05) is 22.9 Å². The van der Waals surface area contributed by atoms with Gasteiger partial charge in [0.15, 0.2) is 11.5 Å². The van der Waals surface area contributed by atoms with E-state index in [0.29, 0.717) is 48.5 Å². The number of ether oxygens (including phenoxy) is 4.